The van der Waals surface area contributed by atoms with Crippen molar-refractivity contribution in [2.24, 2.45) is 5.16 Å². The number of nitrogens with zero attached hydrogens (tertiary/aromatic N) is 1. The largest absolute Gasteiger partial charge is 0.476 e. The molecule has 0 aromatic heterocycles. The molecule has 1 heterocycles. The van der Waals surface area contributed by atoms with Crippen molar-refractivity contribution in [2.75, 3.05) is 19.8 Å². The fraction of sp³-hybridized carbons (Fsp3) is 0.556. The number of ether oxygens (including phenoxy) is 2. The Morgan fingerprint density at radius 3 is 2.64 bits per heavy atom. The second-order valence-electron chi connectivity index (χ2n) is 6.09. The predicted molar refractivity (Wildman–Crippen MR) is 95.0 cm³/mol. The molecule has 1 saturated carbocycles. The van der Waals surface area contributed by atoms with Gasteiger partial charge in [-0.05, 0) is 44.2 Å². The molecule has 25 heavy (non-hydrogen) atoms. The van der Waals surface area contributed by atoms with E-state index in [2.05, 4.69) is 5.16 Å². The Bertz CT molecular complexity index is 594. The Hall–Kier alpha value is -1.57. The normalized spacial score (nSPS) is 21.1. The first-order valence-corrected chi connectivity index (χ1v) is 9.54. The van der Waals surface area contributed by atoms with E-state index in [1.54, 1.807) is 12.1 Å². The number of hydrogen-bond donors (Lipinski definition) is 1. The van der Waals surface area contributed by atoms with Crippen LogP contribution in [0.25, 0.3) is 0 Å². The van der Waals surface area contributed by atoms with E-state index < -0.39 is 5.97 Å². The van der Waals surface area contributed by atoms with Gasteiger partial charge in [0.1, 0.15) is 6.61 Å². The molecule has 0 amide bonds. The lowest BCUT2D eigenvalue weighted by Gasteiger charge is -2.22. The molecule has 7 heteroatoms. The Morgan fingerprint density at radius 2 is 2.00 bits per heavy atom. The maximum absolute atomic E-state index is 11.4. The molecule has 0 radical (unpaired) electrons. The number of aliphatic carboxylic acids is 1. The molecule has 1 aliphatic carbocycles. The minimum atomic E-state index is -1.11. The van der Waals surface area contributed by atoms with E-state index in [-0.39, 0.29) is 18.6 Å². The minimum absolute atomic E-state index is 0.100. The van der Waals surface area contributed by atoms with Crippen molar-refractivity contribution in [1.29, 1.82) is 0 Å². The highest BCUT2D eigenvalue weighted by Gasteiger charge is 2.22. The Kier molecular flexibility index (Phi) is 6.72. The van der Waals surface area contributed by atoms with Crippen LogP contribution in [-0.4, -0.2) is 48.1 Å². The van der Waals surface area contributed by atoms with Gasteiger partial charge in [0.05, 0.1) is 6.61 Å². The quantitative estimate of drug-likeness (QED) is 0.411. The maximum atomic E-state index is 11.4. The van der Waals surface area contributed by atoms with Crippen LogP contribution in [0, 0.1) is 0 Å². The van der Waals surface area contributed by atoms with Gasteiger partial charge in [0.25, 0.3) is 0 Å². The lowest BCUT2D eigenvalue weighted by atomic mass is 10.1. The Balaban J connectivity index is 1.47. The van der Waals surface area contributed by atoms with E-state index in [1.165, 1.54) is 12.8 Å². The van der Waals surface area contributed by atoms with Crippen molar-refractivity contribution in [3.63, 3.8) is 0 Å². The fourth-order valence-electron chi connectivity index (χ4n) is 2.45. The highest BCUT2D eigenvalue weighted by Crippen LogP contribution is 2.39. The second-order valence-corrected chi connectivity index (χ2v) is 7.46. The molecule has 1 unspecified atom stereocenters. The molecule has 2 fully saturated rings. The molecule has 1 atom stereocenters. The third kappa shape index (κ3) is 6.02. The van der Waals surface area contributed by atoms with E-state index in [9.17, 15) is 9.90 Å². The van der Waals surface area contributed by atoms with Gasteiger partial charge in [-0.2, -0.15) is 0 Å². The molecular formula is C18H23NO5S. The standard InChI is InChI=1S/C18H23NO5S/c20-18(21)17(13-4-6-14(7-5-13)25-15-8-9-15)19-24-12-11-23-16-3-1-2-10-22-16/h4-7,15-16H,1-3,8-12H2,(H,20,21)/b19-17+. The van der Waals surface area contributed by atoms with Crippen LogP contribution in [0.1, 0.15) is 37.7 Å². The lowest BCUT2D eigenvalue weighted by molar-refractivity contribution is -0.169. The summed E-state index contributed by atoms with van der Waals surface area (Å²) in [7, 11) is 0. The Labute approximate surface area is 151 Å². The molecule has 3 rings (SSSR count). The van der Waals surface area contributed by atoms with Crippen molar-refractivity contribution in [1.82, 2.24) is 0 Å². The third-order valence-corrected chi connectivity index (χ3v) is 5.28. The zero-order valence-electron chi connectivity index (χ0n) is 14.1. The number of oxime groups is 1. The first kappa shape index (κ1) is 18.2. The van der Waals surface area contributed by atoms with Gasteiger partial charge in [-0.25, -0.2) is 4.79 Å². The van der Waals surface area contributed by atoms with Gasteiger partial charge in [0.2, 0.25) is 0 Å². The van der Waals surface area contributed by atoms with Gasteiger partial charge < -0.3 is 19.4 Å². The SMILES string of the molecule is O=C(O)/C(=N/OCCOC1CCCCO1)c1ccc(SC2CC2)cc1. The first-order chi connectivity index (χ1) is 12.2. The average Bonchev–Trinajstić information content (AvgIpc) is 3.44. The maximum Gasteiger partial charge on any atom is 0.358 e. The van der Waals surface area contributed by atoms with Gasteiger partial charge in [0, 0.05) is 22.3 Å². The molecule has 1 aliphatic heterocycles. The fourth-order valence-corrected chi connectivity index (χ4v) is 3.50. The Morgan fingerprint density at radius 1 is 1.20 bits per heavy atom. The smallest absolute Gasteiger partial charge is 0.358 e. The number of carboxylic acid groups (broad SMARTS) is 1. The number of hydrogen-bond acceptors (Lipinski definition) is 6. The molecule has 1 N–H and O–H groups in total. The van der Waals surface area contributed by atoms with Crippen LogP contribution in [0.4, 0.5) is 0 Å². The molecule has 136 valence electrons. The topological polar surface area (TPSA) is 77.4 Å². The second kappa shape index (κ2) is 9.22. The number of carbonyl (C=O) groups is 1. The summed E-state index contributed by atoms with van der Waals surface area (Å²) in [5, 5.41) is 13.8. The monoisotopic (exact) mass is 365 g/mol. The summed E-state index contributed by atoms with van der Waals surface area (Å²) in [5.41, 5.74) is 0.432. The van der Waals surface area contributed by atoms with E-state index in [4.69, 9.17) is 14.3 Å². The van der Waals surface area contributed by atoms with Crippen LogP contribution in [0.5, 0.6) is 0 Å². The predicted octanol–water partition coefficient (Wildman–Crippen LogP) is 3.29. The number of benzene rings is 1. The van der Waals surface area contributed by atoms with Gasteiger partial charge >= 0.3 is 5.97 Å². The van der Waals surface area contributed by atoms with Crippen LogP contribution in [0.2, 0.25) is 0 Å². The van der Waals surface area contributed by atoms with E-state index in [1.807, 2.05) is 23.9 Å². The van der Waals surface area contributed by atoms with Gasteiger partial charge in [-0.3, -0.25) is 0 Å². The van der Waals surface area contributed by atoms with Crippen LogP contribution >= 0.6 is 11.8 Å². The summed E-state index contributed by atoms with van der Waals surface area (Å²) in [6, 6.07) is 7.40. The number of carboxylic acids is 1. The summed E-state index contributed by atoms with van der Waals surface area (Å²) >= 11 is 1.83. The zero-order chi connectivity index (χ0) is 17.5. The first-order valence-electron chi connectivity index (χ1n) is 8.66. The van der Waals surface area contributed by atoms with Crippen molar-refractivity contribution < 1.29 is 24.2 Å². The van der Waals surface area contributed by atoms with Gasteiger partial charge in [0.15, 0.2) is 12.0 Å². The van der Waals surface area contributed by atoms with Crippen molar-refractivity contribution >= 4 is 23.4 Å². The molecule has 1 saturated heterocycles. The summed E-state index contributed by atoms with van der Waals surface area (Å²) < 4.78 is 11.0. The molecule has 2 aliphatic rings. The van der Waals surface area contributed by atoms with E-state index >= 15 is 0 Å². The third-order valence-electron chi connectivity index (χ3n) is 3.93. The summed E-state index contributed by atoms with van der Waals surface area (Å²) in [5.74, 6) is -1.11. The minimum Gasteiger partial charge on any atom is -0.476 e. The van der Waals surface area contributed by atoms with Crippen molar-refractivity contribution in [3.8, 4) is 0 Å². The number of thioether (sulfide) groups is 1. The lowest BCUT2D eigenvalue weighted by Crippen LogP contribution is -2.23. The van der Waals surface area contributed by atoms with E-state index in [0.29, 0.717) is 12.2 Å². The molecule has 1 aromatic carbocycles. The molecule has 0 bridgehead atoms. The van der Waals surface area contributed by atoms with Crippen molar-refractivity contribution in [3.05, 3.63) is 29.8 Å². The molecular weight excluding hydrogens is 342 g/mol. The van der Waals surface area contributed by atoms with Crippen LogP contribution in [0.15, 0.2) is 34.3 Å². The van der Waals surface area contributed by atoms with Crippen molar-refractivity contribution in [2.45, 2.75) is 48.5 Å². The van der Waals surface area contributed by atoms with Gasteiger partial charge in [-0.1, -0.05) is 17.3 Å². The zero-order valence-corrected chi connectivity index (χ0v) is 14.9. The molecule has 0 spiro atoms. The van der Waals surface area contributed by atoms with Gasteiger partial charge in [-0.15, -0.1) is 11.8 Å². The molecule has 1 aromatic rings. The van der Waals surface area contributed by atoms with Crippen LogP contribution in [0.3, 0.4) is 0 Å². The highest BCUT2D eigenvalue weighted by atomic mass is 32.2. The van der Waals surface area contributed by atoms with Crippen LogP contribution < -0.4 is 0 Å². The summed E-state index contributed by atoms with van der Waals surface area (Å²) in [4.78, 5) is 17.7. The summed E-state index contributed by atoms with van der Waals surface area (Å²) in [6.45, 7) is 1.23. The summed E-state index contributed by atoms with van der Waals surface area (Å²) in [6.07, 6.45) is 5.39. The number of rotatable bonds is 9. The molecule has 6 nitrogen and oxygen atoms in total. The highest BCUT2D eigenvalue weighted by molar-refractivity contribution is 8.00. The van der Waals surface area contributed by atoms with E-state index in [0.717, 1.165) is 36.0 Å². The van der Waals surface area contributed by atoms with Crippen LogP contribution in [-0.2, 0) is 19.1 Å². The average molecular weight is 365 g/mol.